The monoisotopic (exact) mass is 296 g/mol. The second-order valence-corrected chi connectivity index (χ2v) is 6.67. The summed E-state index contributed by atoms with van der Waals surface area (Å²) in [7, 11) is -1.09. The highest BCUT2D eigenvalue weighted by Crippen LogP contribution is 2.16. The van der Waals surface area contributed by atoms with Crippen molar-refractivity contribution in [2.75, 3.05) is 5.75 Å². The van der Waals surface area contributed by atoms with Crippen LogP contribution in [0.25, 0.3) is 0 Å². The van der Waals surface area contributed by atoms with Gasteiger partial charge in [0.15, 0.2) is 0 Å². The second kappa shape index (κ2) is 8.90. The zero-order valence-electron chi connectivity index (χ0n) is 12.4. The molecule has 0 saturated carbocycles. The molecule has 4 heteroatoms. The zero-order valence-corrected chi connectivity index (χ0v) is 13.2. The number of aryl methyl sites for hydroxylation is 1. The molecule has 1 rings (SSSR count). The van der Waals surface area contributed by atoms with Crippen molar-refractivity contribution >= 4 is 16.8 Å². The van der Waals surface area contributed by atoms with Crippen LogP contribution in [0.5, 0.6) is 0 Å². The normalized spacial score (nSPS) is 12.3. The van der Waals surface area contributed by atoms with E-state index in [0.717, 1.165) is 12.8 Å². The van der Waals surface area contributed by atoms with Gasteiger partial charge in [-0.05, 0) is 31.0 Å². The molecule has 0 aliphatic heterocycles. The van der Waals surface area contributed by atoms with Crippen LogP contribution in [-0.2, 0) is 10.8 Å². The van der Waals surface area contributed by atoms with E-state index in [2.05, 4.69) is 6.92 Å². The number of hydrogen-bond donors (Lipinski definition) is 1. The zero-order chi connectivity index (χ0) is 15.0. The van der Waals surface area contributed by atoms with Crippen LogP contribution in [-0.4, -0.2) is 21.0 Å². The number of rotatable bonds is 9. The van der Waals surface area contributed by atoms with Gasteiger partial charge in [-0.3, -0.25) is 4.21 Å². The molecule has 0 aliphatic rings. The predicted octanol–water partition coefficient (Wildman–Crippen LogP) is 4.16. The van der Waals surface area contributed by atoms with E-state index < -0.39 is 16.8 Å². The van der Waals surface area contributed by atoms with E-state index in [0.29, 0.717) is 16.2 Å². The van der Waals surface area contributed by atoms with Gasteiger partial charge in [0.1, 0.15) is 0 Å². The third-order valence-corrected chi connectivity index (χ3v) is 4.82. The molecule has 3 nitrogen and oxygen atoms in total. The van der Waals surface area contributed by atoms with Crippen LogP contribution in [0.4, 0.5) is 0 Å². The first-order chi connectivity index (χ1) is 9.56. The fourth-order valence-electron chi connectivity index (χ4n) is 2.10. The SMILES string of the molecule is CCCCCCCCS(=O)c1ccc(C)c(C(=O)O)c1. The van der Waals surface area contributed by atoms with Gasteiger partial charge in [-0.25, -0.2) is 4.79 Å². The van der Waals surface area contributed by atoms with Crippen molar-refractivity contribution in [2.24, 2.45) is 0 Å². The summed E-state index contributed by atoms with van der Waals surface area (Å²) < 4.78 is 12.1. The van der Waals surface area contributed by atoms with Crippen molar-refractivity contribution in [3.63, 3.8) is 0 Å². The summed E-state index contributed by atoms with van der Waals surface area (Å²) in [5.41, 5.74) is 0.955. The smallest absolute Gasteiger partial charge is 0.335 e. The molecular weight excluding hydrogens is 272 g/mol. The number of aromatic carboxylic acids is 1. The Hall–Kier alpha value is -1.16. The number of carbonyl (C=O) groups is 1. The molecule has 1 atom stereocenters. The summed E-state index contributed by atoms with van der Waals surface area (Å²) in [5, 5.41) is 9.07. The maximum absolute atomic E-state index is 12.1. The topological polar surface area (TPSA) is 54.4 Å². The van der Waals surface area contributed by atoms with Crippen molar-refractivity contribution in [2.45, 2.75) is 57.3 Å². The minimum absolute atomic E-state index is 0.249. The third kappa shape index (κ3) is 5.45. The van der Waals surface area contributed by atoms with Gasteiger partial charge >= 0.3 is 5.97 Å². The van der Waals surface area contributed by atoms with Gasteiger partial charge in [0.25, 0.3) is 0 Å². The van der Waals surface area contributed by atoms with Crippen LogP contribution in [0, 0.1) is 6.92 Å². The lowest BCUT2D eigenvalue weighted by atomic mass is 10.1. The van der Waals surface area contributed by atoms with Gasteiger partial charge in [0.2, 0.25) is 0 Å². The van der Waals surface area contributed by atoms with Crippen LogP contribution < -0.4 is 0 Å². The van der Waals surface area contributed by atoms with Gasteiger partial charge < -0.3 is 5.11 Å². The molecule has 0 amide bonds. The Bertz CT molecular complexity index is 469. The number of carboxylic acid groups (broad SMARTS) is 1. The maximum Gasteiger partial charge on any atom is 0.335 e. The van der Waals surface area contributed by atoms with Crippen LogP contribution in [0.1, 0.15) is 61.4 Å². The average Bonchev–Trinajstić information content (AvgIpc) is 2.42. The lowest BCUT2D eigenvalue weighted by molar-refractivity contribution is 0.0696. The highest BCUT2D eigenvalue weighted by molar-refractivity contribution is 7.85. The molecule has 1 aromatic rings. The van der Waals surface area contributed by atoms with Crippen LogP contribution in [0.2, 0.25) is 0 Å². The quantitative estimate of drug-likeness (QED) is 0.696. The van der Waals surface area contributed by atoms with Gasteiger partial charge in [0.05, 0.1) is 16.4 Å². The predicted molar refractivity (Wildman–Crippen MR) is 82.8 cm³/mol. The molecule has 112 valence electrons. The first-order valence-corrected chi connectivity index (χ1v) is 8.60. The summed E-state index contributed by atoms with van der Waals surface area (Å²) in [6.45, 7) is 3.94. The molecule has 0 aliphatic carbocycles. The van der Waals surface area contributed by atoms with E-state index in [9.17, 15) is 9.00 Å². The standard InChI is InChI=1S/C16H24O3S/c1-3-4-5-6-7-8-11-20(19)14-10-9-13(2)15(12-14)16(17)18/h9-10,12H,3-8,11H2,1-2H3,(H,17,18). The van der Waals surface area contributed by atoms with E-state index in [1.807, 2.05) is 0 Å². The summed E-state index contributed by atoms with van der Waals surface area (Å²) in [5.74, 6) is -0.338. The number of benzene rings is 1. The van der Waals surface area contributed by atoms with E-state index in [1.165, 1.54) is 25.7 Å². The van der Waals surface area contributed by atoms with Gasteiger partial charge in [-0.15, -0.1) is 0 Å². The lowest BCUT2D eigenvalue weighted by Gasteiger charge is -2.06. The van der Waals surface area contributed by atoms with E-state index in [4.69, 9.17) is 5.11 Å². The first kappa shape index (κ1) is 16.9. The molecule has 0 spiro atoms. The molecule has 0 heterocycles. The molecular formula is C16H24O3S. The molecule has 20 heavy (non-hydrogen) atoms. The number of carboxylic acids is 1. The fourth-order valence-corrected chi connectivity index (χ4v) is 3.28. The Morgan fingerprint density at radius 2 is 1.80 bits per heavy atom. The largest absolute Gasteiger partial charge is 0.478 e. The summed E-state index contributed by atoms with van der Waals surface area (Å²) in [4.78, 5) is 11.7. The fraction of sp³-hybridized carbons (Fsp3) is 0.562. The first-order valence-electron chi connectivity index (χ1n) is 7.28. The molecule has 0 bridgehead atoms. The van der Waals surface area contributed by atoms with Crippen LogP contribution in [0.3, 0.4) is 0 Å². The van der Waals surface area contributed by atoms with Gasteiger partial charge in [-0.2, -0.15) is 0 Å². The van der Waals surface area contributed by atoms with Gasteiger partial charge in [0, 0.05) is 10.6 Å². The van der Waals surface area contributed by atoms with E-state index in [1.54, 1.807) is 25.1 Å². The molecule has 1 aromatic carbocycles. The Morgan fingerprint density at radius 3 is 2.45 bits per heavy atom. The third-order valence-electron chi connectivity index (χ3n) is 3.39. The molecule has 1 N–H and O–H groups in total. The Labute approximate surface area is 123 Å². The summed E-state index contributed by atoms with van der Waals surface area (Å²) in [6, 6.07) is 5.05. The Morgan fingerprint density at radius 1 is 1.15 bits per heavy atom. The van der Waals surface area contributed by atoms with Crippen molar-refractivity contribution in [1.82, 2.24) is 0 Å². The van der Waals surface area contributed by atoms with Crippen LogP contribution in [0.15, 0.2) is 23.1 Å². The Balaban J connectivity index is 2.47. The van der Waals surface area contributed by atoms with Crippen molar-refractivity contribution in [1.29, 1.82) is 0 Å². The lowest BCUT2D eigenvalue weighted by Crippen LogP contribution is -2.04. The van der Waals surface area contributed by atoms with Crippen molar-refractivity contribution in [3.8, 4) is 0 Å². The molecule has 0 aromatic heterocycles. The maximum atomic E-state index is 12.1. The molecule has 0 fully saturated rings. The van der Waals surface area contributed by atoms with Crippen LogP contribution >= 0.6 is 0 Å². The number of unbranched alkanes of at least 4 members (excludes halogenated alkanes) is 5. The highest BCUT2D eigenvalue weighted by Gasteiger charge is 2.11. The van der Waals surface area contributed by atoms with E-state index in [-0.39, 0.29) is 5.56 Å². The van der Waals surface area contributed by atoms with Crippen molar-refractivity contribution < 1.29 is 14.1 Å². The molecule has 0 radical (unpaired) electrons. The average molecular weight is 296 g/mol. The Kier molecular flexibility index (Phi) is 7.52. The van der Waals surface area contributed by atoms with Gasteiger partial charge in [-0.1, -0.05) is 45.1 Å². The minimum atomic E-state index is -1.09. The summed E-state index contributed by atoms with van der Waals surface area (Å²) in [6.07, 6.45) is 6.97. The number of hydrogen-bond acceptors (Lipinski definition) is 2. The minimum Gasteiger partial charge on any atom is -0.478 e. The second-order valence-electron chi connectivity index (χ2n) is 5.10. The van der Waals surface area contributed by atoms with Crippen molar-refractivity contribution in [3.05, 3.63) is 29.3 Å². The molecule has 0 saturated heterocycles. The highest BCUT2D eigenvalue weighted by atomic mass is 32.2. The molecule has 1 unspecified atom stereocenters. The van der Waals surface area contributed by atoms with E-state index >= 15 is 0 Å². The summed E-state index contributed by atoms with van der Waals surface area (Å²) >= 11 is 0.